The van der Waals surface area contributed by atoms with Gasteiger partial charge in [0.2, 0.25) is 11.9 Å². The van der Waals surface area contributed by atoms with Gasteiger partial charge in [-0.05, 0) is 32.1 Å². The van der Waals surface area contributed by atoms with Gasteiger partial charge in [-0.2, -0.15) is 0 Å². The fraction of sp³-hybridized carbons (Fsp3) is 0.312. The third-order valence-electron chi connectivity index (χ3n) is 2.73. The molecule has 1 aromatic rings. The number of nitrogens with one attached hydrogen (secondary N) is 1. The first-order chi connectivity index (χ1) is 11.4. The summed E-state index contributed by atoms with van der Waals surface area (Å²) in [4.78, 5) is 35.4. The molecule has 0 aliphatic rings. The smallest absolute Gasteiger partial charge is 0.340 e. The van der Waals surface area contributed by atoms with Crippen LogP contribution in [0.25, 0.3) is 6.08 Å². The normalized spacial score (nSPS) is 10.7. The van der Waals surface area contributed by atoms with Gasteiger partial charge in [0.05, 0.1) is 18.2 Å². The lowest BCUT2D eigenvalue weighted by Crippen LogP contribution is -2.47. The van der Waals surface area contributed by atoms with Crippen molar-refractivity contribution in [3.05, 3.63) is 40.7 Å². The van der Waals surface area contributed by atoms with Gasteiger partial charge >= 0.3 is 11.9 Å². The molecule has 1 N–H and O–H groups in total. The Balaban J connectivity index is 2.86. The second-order valence-corrected chi connectivity index (χ2v) is 4.82. The summed E-state index contributed by atoms with van der Waals surface area (Å²) in [5.74, 6) is -3.30. The first kappa shape index (κ1) is 19.6. The Kier molecular flexibility index (Phi) is 7.91. The van der Waals surface area contributed by atoms with Crippen molar-refractivity contribution >= 4 is 35.5 Å². The molecule has 130 valence electrons. The number of carbonyl (C=O) groups excluding carboxylic acids is 3. The van der Waals surface area contributed by atoms with Crippen molar-refractivity contribution in [3.8, 4) is 0 Å². The third kappa shape index (κ3) is 5.66. The van der Waals surface area contributed by atoms with E-state index in [1.165, 1.54) is 18.2 Å². The van der Waals surface area contributed by atoms with E-state index in [9.17, 15) is 18.8 Å². The predicted molar refractivity (Wildman–Crippen MR) is 85.6 cm³/mol. The lowest BCUT2D eigenvalue weighted by atomic mass is 10.2. The second-order valence-electron chi connectivity index (χ2n) is 4.41. The molecule has 0 heterocycles. The summed E-state index contributed by atoms with van der Waals surface area (Å²) in [5, 5.41) is 2.27. The van der Waals surface area contributed by atoms with E-state index in [-0.39, 0.29) is 23.8 Å². The molecule has 0 spiro atoms. The van der Waals surface area contributed by atoms with Crippen molar-refractivity contribution in [3.63, 3.8) is 0 Å². The van der Waals surface area contributed by atoms with Gasteiger partial charge in [-0.1, -0.05) is 17.7 Å². The number of benzene rings is 1. The Hall–Kier alpha value is -2.41. The summed E-state index contributed by atoms with van der Waals surface area (Å²) >= 11 is 5.83. The van der Waals surface area contributed by atoms with Crippen LogP contribution in [0.5, 0.6) is 0 Å². The predicted octanol–water partition coefficient (Wildman–Crippen LogP) is 2.10. The Labute approximate surface area is 143 Å². The molecular formula is C16H17ClFNO5. The van der Waals surface area contributed by atoms with Crippen molar-refractivity contribution < 1.29 is 28.2 Å². The van der Waals surface area contributed by atoms with Crippen molar-refractivity contribution in [2.45, 2.75) is 19.9 Å². The molecule has 0 bridgehead atoms. The highest BCUT2D eigenvalue weighted by Crippen LogP contribution is 2.20. The number of amides is 1. The Bertz CT molecular complexity index is 609. The summed E-state index contributed by atoms with van der Waals surface area (Å²) in [7, 11) is 0. The number of ether oxygens (including phenoxy) is 2. The average Bonchev–Trinajstić information content (AvgIpc) is 2.52. The molecule has 24 heavy (non-hydrogen) atoms. The van der Waals surface area contributed by atoms with Crippen LogP contribution >= 0.6 is 11.6 Å². The molecule has 1 amide bonds. The number of rotatable bonds is 7. The zero-order valence-electron chi connectivity index (χ0n) is 13.2. The van der Waals surface area contributed by atoms with Gasteiger partial charge in [0, 0.05) is 11.6 Å². The van der Waals surface area contributed by atoms with Crippen LogP contribution in [0.1, 0.15) is 19.4 Å². The number of carbonyl (C=O) groups is 3. The molecule has 8 heteroatoms. The molecular weight excluding hydrogens is 341 g/mol. The SMILES string of the molecule is CCOC(=O)C(NC(=O)/C=C/c1c(F)cccc1Cl)C(=O)OCC. The molecule has 0 fully saturated rings. The number of hydrogen-bond donors (Lipinski definition) is 1. The summed E-state index contributed by atoms with van der Waals surface area (Å²) in [6.07, 6.45) is 2.09. The average molecular weight is 358 g/mol. The van der Waals surface area contributed by atoms with Crippen molar-refractivity contribution in [2.75, 3.05) is 13.2 Å². The maximum absolute atomic E-state index is 13.6. The lowest BCUT2D eigenvalue weighted by molar-refractivity contribution is -0.159. The largest absolute Gasteiger partial charge is 0.464 e. The Morgan fingerprint density at radius 2 is 1.79 bits per heavy atom. The van der Waals surface area contributed by atoms with Crippen LogP contribution in [-0.4, -0.2) is 37.1 Å². The second kappa shape index (κ2) is 9.67. The van der Waals surface area contributed by atoms with E-state index in [1.807, 2.05) is 0 Å². The van der Waals surface area contributed by atoms with E-state index < -0.39 is 29.7 Å². The Morgan fingerprint density at radius 3 is 2.29 bits per heavy atom. The van der Waals surface area contributed by atoms with Gasteiger partial charge < -0.3 is 14.8 Å². The van der Waals surface area contributed by atoms with Crippen LogP contribution in [-0.2, 0) is 23.9 Å². The molecule has 0 radical (unpaired) electrons. The van der Waals surface area contributed by atoms with Crippen LogP contribution in [0.2, 0.25) is 5.02 Å². The van der Waals surface area contributed by atoms with Gasteiger partial charge in [-0.3, -0.25) is 4.79 Å². The highest BCUT2D eigenvalue weighted by atomic mass is 35.5. The van der Waals surface area contributed by atoms with Crippen LogP contribution in [0.4, 0.5) is 4.39 Å². The monoisotopic (exact) mass is 357 g/mol. The fourth-order valence-electron chi connectivity index (χ4n) is 1.68. The van der Waals surface area contributed by atoms with Gasteiger partial charge in [0.25, 0.3) is 0 Å². The lowest BCUT2D eigenvalue weighted by Gasteiger charge is -2.14. The van der Waals surface area contributed by atoms with Gasteiger partial charge in [0.1, 0.15) is 5.82 Å². The van der Waals surface area contributed by atoms with Crippen LogP contribution < -0.4 is 5.32 Å². The first-order valence-corrected chi connectivity index (χ1v) is 7.54. The third-order valence-corrected chi connectivity index (χ3v) is 3.06. The summed E-state index contributed by atoms with van der Waals surface area (Å²) in [5.41, 5.74) is 0.0122. The Morgan fingerprint density at radius 1 is 1.21 bits per heavy atom. The van der Waals surface area contributed by atoms with E-state index in [0.29, 0.717) is 0 Å². The summed E-state index contributed by atoms with van der Waals surface area (Å²) in [6, 6.07) is 2.47. The molecule has 0 unspecified atom stereocenters. The molecule has 0 saturated heterocycles. The van der Waals surface area contributed by atoms with Crippen molar-refractivity contribution in [1.29, 1.82) is 0 Å². The van der Waals surface area contributed by atoms with Crippen LogP contribution in [0.15, 0.2) is 24.3 Å². The highest BCUT2D eigenvalue weighted by molar-refractivity contribution is 6.32. The van der Waals surface area contributed by atoms with Gasteiger partial charge in [0.15, 0.2) is 0 Å². The summed E-state index contributed by atoms with van der Waals surface area (Å²) < 4.78 is 23.0. The number of halogens is 2. The zero-order chi connectivity index (χ0) is 18.1. The topological polar surface area (TPSA) is 81.7 Å². The van der Waals surface area contributed by atoms with E-state index in [0.717, 1.165) is 12.2 Å². The maximum atomic E-state index is 13.6. The molecule has 1 aromatic carbocycles. The molecule has 0 atom stereocenters. The molecule has 0 aliphatic carbocycles. The van der Waals surface area contributed by atoms with Gasteiger partial charge in [-0.15, -0.1) is 0 Å². The van der Waals surface area contributed by atoms with E-state index in [2.05, 4.69) is 5.32 Å². The van der Waals surface area contributed by atoms with Crippen LogP contribution in [0, 0.1) is 5.82 Å². The summed E-state index contributed by atoms with van der Waals surface area (Å²) in [6.45, 7) is 3.18. The van der Waals surface area contributed by atoms with Crippen molar-refractivity contribution in [1.82, 2.24) is 5.32 Å². The minimum absolute atomic E-state index is 0.0122. The highest BCUT2D eigenvalue weighted by Gasteiger charge is 2.30. The van der Waals surface area contributed by atoms with E-state index in [1.54, 1.807) is 13.8 Å². The minimum Gasteiger partial charge on any atom is -0.464 e. The molecule has 0 aromatic heterocycles. The van der Waals surface area contributed by atoms with Crippen LogP contribution in [0.3, 0.4) is 0 Å². The quantitative estimate of drug-likeness (QED) is 0.459. The van der Waals surface area contributed by atoms with E-state index in [4.69, 9.17) is 21.1 Å². The molecule has 1 rings (SSSR count). The first-order valence-electron chi connectivity index (χ1n) is 7.16. The molecule has 6 nitrogen and oxygen atoms in total. The van der Waals surface area contributed by atoms with E-state index >= 15 is 0 Å². The zero-order valence-corrected chi connectivity index (χ0v) is 13.9. The number of hydrogen-bond acceptors (Lipinski definition) is 5. The minimum atomic E-state index is -1.60. The van der Waals surface area contributed by atoms with Crippen molar-refractivity contribution in [2.24, 2.45) is 0 Å². The number of esters is 2. The fourth-order valence-corrected chi connectivity index (χ4v) is 1.91. The molecule has 0 saturated carbocycles. The standard InChI is InChI=1S/C16H17ClFNO5/c1-3-23-15(21)14(16(22)24-4-2)19-13(20)9-8-10-11(17)6-5-7-12(10)18/h5-9,14H,3-4H2,1-2H3,(H,19,20)/b9-8+. The maximum Gasteiger partial charge on any atom is 0.340 e. The molecule has 0 aliphatic heterocycles. The van der Waals surface area contributed by atoms with Gasteiger partial charge in [-0.25, -0.2) is 14.0 Å².